The minimum Gasteiger partial charge on any atom is -0.346 e. The summed E-state index contributed by atoms with van der Waals surface area (Å²) < 4.78 is 17.1. The molecule has 6 rings (SSSR count). The van der Waals surface area contributed by atoms with Gasteiger partial charge in [-0.25, -0.2) is 18.9 Å². The van der Waals surface area contributed by atoms with Crippen LogP contribution in [0.3, 0.4) is 0 Å². The minimum atomic E-state index is -0.438. The standard InChI is InChI=1S/C23H17FN8O.H2S/c24-15-4-1-5-16(10-15)32-21(29-31-9-3-7-18(31)23(32)33)17-6-2-8-30(17)22-19-14(11-25)12-26-20(19)27-13-28-22;/h1,3-5,7,9-10,12-13,17H,2,6,8H2,(H,26,27,28);1H2/t17-;/m0./s1. The maximum Gasteiger partial charge on any atom is 0.282 e. The number of hydrogen-bond acceptors (Lipinski definition) is 6. The van der Waals surface area contributed by atoms with Crippen LogP contribution in [0, 0.1) is 17.1 Å². The Bertz CT molecular complexity index is 1630. The van der Waals surface area contributed by atoms with Crippen molar-refractivity contribution in [1.82, 2.24) is 29.1 Å². The van der Waals surface area contributed by atoms with Gasteiger partial charge in [0.2, 0.25) is 0 Å². The Kier molecular flexibility index (Phi) is 5.30. The van der Waals surface area contributed by atoms with Crippen LogP contribution in [0.1, 0.15) is 30.3 Å². The number of rotatable bonds is 3. The molecule has 5 heterocycles. The lowest BCUT2D eigenvalue weighted by molar-refractivity contribution is 0.596. The lowest BCUT2D eigenvalue weighted by Crippen LogP contribution is -2.33. The summed E-state index contributed by atoms with van der Waals surface area (Å²) in [5.41, 5.74) is 1.54. The van der Waals surface area contributed by atoms with Crippen molar-refractivity contribution in [3.63, 3.8) is 0 Å². The number of fused-ring (bicyclic) bond motifs is 2. The predicted molar refractivity (Wildman–Crippen MR) is 129 cm³/mol. The monoisotopic (exact) mass is 474 g/mol. The number of benzene rings is 1. The van der Waals surface area contributed by atoms with Gasteiger partial charge >= 0.3 is 0 Å². The summed E-state index contributed by atoms with van der Waals surface area (Å²) in [6, 6.07) is 11.2. The smallest absolute Gasteiger partial charge is 0.282 e. The van der Waals surface area contributed by atoms with Gasteiger partial charge in [0.15, 0.2) is 5.82 Å². The van der Waals surface area contributed by atoms with Crippen molar-refractivity contribution in [3.8, 4) is 11.8 Å². The second-order valence-corrected chi connectivity index (χ2v) is 7.90. The van der Waals surface area contributed by atoms with E-state index in [-0.39, 0.29) is 25.1 Å². The van der Waals surface area contributed by atoms with E-state index in [1.54, 1.807) is 41.2 Å². The number of H-pyrrole nitrogens is 1. The van der Waals surface area contributed by atoms with Crippen LogP contribution in [0.5, 0.6) is 0 Å². The largest absolute Gasteiger partial charge is 0.346 e. The summed E-state index contributed by atoms with van der Waals surface area (Å²) in [6.45, 7) is 0.662. The van der Waals surface area contributed by atoms with Crippen LogP contribution in [-0.4, -0.2) is 35.7 Å². The molecule has 1 atom stereocenters. The van der Waals surface area contributed by atoms with Crippen LogP contribution in [-0.2, 0) is 0 Å². The first-order chi connectivity index (χ1) is 16.2. The van der Waals surface area contributed by atoms with Crippen LogP contribution in [0.15, 0.2) is 59.9 Å². The zero-order valence-corrected chi connectivity index (χ0v) is 18.8. The van der Waals surface area contributed by atoms with E-state index in [0.717, 1.165) is 6.42 Å². The topological polar surface area (TPSA) is 108 Å². The molecule has 5 aromatic rings. The molecule has 9 nitrogen and oxygen atoms in total. The minimum absolute atomic E-state index is 0. The molecule has 0 spiro atoms. The summed E-state index contributed by atoms with van der Waals surface area (Å²) >= 11 is 0. The highest BCUT2D eigenvalue weighted by molar-refractivity contribution is 7.59. The van der Waals surface area contributed by atoms with Gasteiger partial charge in [-0.2, -0.15) is 23.9 Å². The second-order valence-electron chi connectivity index (χ2n) is 7.90. The average molecular weight is 475 g/mol. The van der Waals surface area contributed by atoms with Crippen molar-refractivity contribution in [2.75, 3.05) is 11.4 Å². The molecule has 1 aromatic carbocycles. The van der Waals surface area contributed by atoms with E-state index in [1.807, 2.05) is 4.90 Å². The zero-order chi connectivity index (χ0) is 22.5. The van der Waals surface area contributed by atoms with Gasteiger partial charge in [0.1, 0.15) is 35.2 Å². The van der Waals surface area contributed by atoms with Crippen LogP contribution in [0.2, 0.25) is 0 Å². The highest BCUT2D eigenvalue weighted by Gasteiger charge is 2.34. The normalized spacial score (nSPS) is 15.5. The van der Waals surface area contributed by atoms with E-state index in [4.69, 9.17) is 5.10 Å². The Morgan fingerprint density at radius 3 is 2.91 bits per heavy atom. The summed E-state index contributed by atoms with van der Waals surface area (Å²) in [6.07, 6.45) is 6.34. The van der Waals surface area contributed by atoms with Gasteiger partial charge in [-0.3, -0.25) is 9.36 Å². The molecular weight excluding hydrogens is 455 g/mol. The molecule has 1 fully saturated rings. The third-order valence-electron chi connectivity index (χ3n) is 6.05. The fourth-order valence-corrected chi connectivity index (χ4v) is 4.62. The fraction of sp³-hybridized carbons (Fsp3) is 0.174. The van der Waals surface area contributed by atoms with E-state index in [1.165, 1.54) is 23.0 Å². The summed E-state index contributed by atoms with van der Waals surface area (Å²) in [7, 11) is 0. The Balaban J connectivity index is 0.00000241. The van der Waals surface area contributed by atoms with Gasteiger partial charge in [-0.15, -0.1) is 0 Å². The molecule has 11 heteroatoms. The van der Waals surface area contributed by atoms with Crippen molar-refractivity contribution < 1.29 is 4.39 Å². The zero-order valence-electron chi connectivity index (χ0n) is 17.8. The number of aromatic amines is 1. The molecule has 1 saturated heterocycles. The van der Waals surface area contributed by atoms with Crippen molar-refractivity contribution in [2.24, 2.45) is 0 Å². The average Bonchev–Trinajstić information content (AvgIpc) is 3.57. The molecule has 0 aliphatic carbocycles. The maximum atomic E-state index is 14.1. The molecule has 0 amide bonds. The van der Waals surface area contributed by atoms with Crippen LogP contribution < -0.4 is 10.5 Å². The number of hydrogen-bond donors (Lipinski definition) is 1. The first-order valence-corrected chi connectivity index (χ1v) is 10.5. The molecule has 0 bridgehead atoms. The van der Waals surface area contributed by atoms with Gasteiger partial charge in [0.25, 0.3) is 5.56 Å². The molecule has 0 saturated carbocycles. The van der Waals surface area contributed by atoms with Gasteiger partial charge in [0.05, 0.1) is 22.7 Å². The molecule has 1 aliphatic rings. The number of nitrogens with one attached hydrogen (secondary N) is 1. The molecule has 1 N–H and O–H groups in total. The lowest BCUT2D eigenvalue weighted by Gasteiger charge is -2.27. The van der Waals surface area contributed by atoms with Gasteiger partial charge < -0.3 is 9.88 Å². The summed E-state index contributed by atoms with van der Waals surface area (Å²) in [5.74, 6) is 0.646. The molecular formula is C23H19FN8OS. The fourth-order valence-electron chi connectivity index (χ4n) is 4.62. The maximum absolute atomic E-state index is 14.1. The van der Waals surface area contributed by atoms with E-state index in [2.05, 4.69) is 21.0 Å². The van der Waals surface area contributed by atoms with Crippen molar-refractivity contribution in [1.29, 1.82) is 5.26 Å². The number of nitriles is 1. The third-order valence-corrected chi connectivity index (χ3v) is 6.05. The van der Waals surface area contributed by atoms with E-state index in [0.29, 0.717) is 52.4 Å². The van der Waals surface area contributed by atoms with Gasteiger partial charge in [-0.05, 0) is 43.2 Å². The molecule has 4 aromatic heterocycles. The van der Waals surface area contributed by atoms with E-state index >= 15 is 0 Å². The number of halogens is 1. The van der Waals surface area contributed by atoms with Gasteiger partial charge in [-0.1, -0.05) is 6.07 Å². The third kappa shape index (κ3) is 3.22. The van der Waals surface area contributed by atoms with Crippen molar-refractivity contribution >= 4 is 35.9 Å². The van der Waals surface area contributed by atoms with E-state index < -0.39 is 5.82 Å². The summed E-state index contributed by atoms with van der Waals surface area (Å²) in [4.78, 5) is 27.3. The molecule has 34 heavy (non-hydrogen) atoms. The molecule has 170 valence electrons. The second kappa shape index (κ2) is 8.31. The number of nitrogens with zero attached hydrogens (tertiary/aromatic N) is 7. The van der Waals surface area contributed by atoms with Crippen LogP contribution in [0.4, 0.5) is 10.2 Å². The Hall–Kier alpha value is -4.17. The predicted octanol–water partition coefficient (Wildman–Crippen LogP) is 3.22. The van der Waals surface area contributed by atoms with Crippen LogP contribution in [0.25, 0.3) is 22.2 Å². The van der Waals surface area contributed by atoms with Crippen LogP contribution >= 0.6 is 13.5 Å². The lowest BCUT2D eigenvalue weighted by atomic mass is 10.1. The molecule has 0 unspecified atom stereocenters. The summed E-state index contributed by atoms with van der Waals surface area (Å²) in [5, 5.41) is 15.0. The first-order valence-electron chi connectivity index (χ1n) is 10.5. The van der Waals surface area contributed by atoms with Crippen molar-refractivity contribution in [2.45, 2.75) is 18.9 Å². The van der Waals surface area contributed by atoms with Crippen molar-refractivity contribution in [3.05, 3.63) is 82.7 Å². The molecule has 0 radical (unpaired) electrons. The van der Waals surface area contributed by atoms with Gasteiger partial charge in [0, 0.05) is 18.9 Å². The Labute approximate surface area is 199 Å². The SMILES string of the molecule is N#Cc1c[nH]c2ncnc(N3CCC[C@H]3c3nn4cccc4c(=O)n3-c3cccc(F)c3)c12.S. The molecule has 1 aliphatic heterocycles. The highest BCUT2D eigenvalue weighted by Crippen LogP contribution is 2.38. The Morgan fingerprint density at radius 1 is 1.21 bits per heavy atom. The number of anilines is 1. The first kappa shape index (κ1) is 21.7. The highest BCUT2D eigenvalue weighted by atomic mass is 32.1. The quantitative estimate of drug-likeness (QED) is 0.430. The van der Waals surface area contributed by atoms with E-state index in [9.17, 15) is 14.4 Å². The Morgan fingerprint density at radius 2 is 2.09 bits per heavy atom. The number of aromatic nitrogens is 6.